The number of unbranched alkanes of at least 4 members (excludes halogenated alkanes) is 2. The second-order valence-electron chi connectivity index (χ2n) is 4.38. The highest BCUT2D eigenvalue weighted by Gasteiger charge is 2.34. The SMILES string of the molecule is CCCCCC(C)(C)C(N)S(=O)(=O)O. The first-order valence-corrected chi connectivity index (χ1v) is 6.44. The summed E-state index contributed by atoms with van der Waals surface area (Å²) in [5, 5.41) is -1.19. The number of hydrogen-bond acceptors (Lipinski definition) is 3. The molecule has 3 N–H and O–H groups in total. The lowest BCUT2D eigenvalue weighted by molar-refractivity contribution is 0.289. The lowest BCUT2D eigenvalue weighted by Crippen LogP contribution is -2.43. The average molecular weight is 223 g/mol. The largest absolute Gasteiger partial charge is 0.313 e. The molecule has 0 aromatic carbocycles. The van der Waals surface area contributed by atoms with Gasteiger partial charge in [0.1, 0.15) is 5.37 Å². The normalized spacial score (nSPS) is 15.5. The van der Waals surface area contributed by atoms with E-state index in [1.165, 1.54) is 0 Å². The van der Waals surface area contributed by atoms with E-state index in [-0.39, 0.29) is 0 Å². The first kappa shape index (κ1) is 13.9. The van der Waals surface area contributed by atoms with Gasteiger partial charge < -0.3 is 5.73 Å². The van der Waals surface area contributed by atoms with Crippen LogP contribution in [0.5, 0.6) is 0 Å². The quantitative estimate of drug-likeness (QED) is 0.531. The highest BCUT2D eigenvalue weighted by Crippen LogP contribution is 2.29. The molecule has 0 spiro atoms. The van der Waals surface area contributed by atoms with Gasteiger partial charge in [0, 0.05) is 0 Å². The molecule has 1 unspecified atom stereocenters. The van der Waals surface area contributed by atoms with E-state index in [0.717, 1.165) is 19.3 Å². The second kappa shape index (κ2) is 5.09. The third-order valence-corrected chi connectivity index (χ3v) is 3.80. The molecule has 0 amide bonds. The molecule has 0 aliphatic carbocycles. The zero-order chi connectivity index (χ0) is 11.4. The molecule has 0 bridgehead atoms. The molecule has 14 heavy (non-hydrogen) atoms. The van der Waals surface area contributed by atoms with Crippen molar-refractivity contribution >= 4 is 10.1 Å². The van der Waals surface area contributed by atoms with Gasteiger partial charge in [-0.15, -0.1) is 0 Å². The smallest absolute Gasteiger partial charge is 0.281 e. The van der Waals surface area contributed by atoms with Crippen molar-refractivity contribution in [2.24, 2.45) is 11.1 Å². The first-order chi connectivity index (χ1) is 6.22. The summed E-state index contributed by atoms with van der Waals surface area (Å²) in [6.45, 7) is 5.61. The minimum Gasteiger partial charge on any atom is -0.313 e. The molecule has 0 aromatic heterocycles. The molecule has 0 saturated carbocycles. The van der Waals surface area contributed by atoms with Gasteiger partial charge in [-0.1, -0.05) is 40.0 Å². The van der Waals surface area contributed by atoms with Crippen LogP contribution in [-0.4, -0.2) is 18.3 Å². The first-order valence-electron chi connectivity index (χ1n) is 4.93. The van der Waals surface area contributed by atoms with Gasteiger partial charge in [0.2, 0.25) is 0 Å². The fourth-order valence-corrected chi connectivity index (χ4v) is 2.30. The minimum absolute atomic E-state index is 0.567. The molecule has 0 aromatic rings. The van der Waals surface area contributed by atoms with Gasteiger partial charge in [-0.25, -0.2) is 0 Å². The Bertz CT molecular complexity index is 259. The zero-order valence-electron chi connectivity index (χ0n) is 9.16. The summed E-state index contributed by atoms with van der Waals surface area (Å²) in [5.74, 6) is 0. The van der Waals surface area contributed by atoms with E-state index in [2.05, 4.69) is 6.92 Å². The highest BCUT2D eigenvalue weighted by molar-refractivity contribution is 7.86. The van der Waals surface area contributed by atoms with Crippen LogP contribution < -0.4 is 5.73 Å². The Kier molecular flexibility index (Phi) is 5.05. The van der Waals surface area contributed by atoms with E-state index < -0.39 is 20.9 Å². The van der Waals surface area contributed by atoms with Crippen molar-refractivity contribution in [1.82, 2.24) is 0 Å². The molecule has 0 heterocycles. The molecule has 5 heteroatoms. The van der Waals surface area contributed by atoms with Crippen molar-refractivity contribution in [3.63, 3.8) is 0 Å². The van der Waals surface area contributed by atoms with Crippen LogP contribution in [0.3, 0.4) is 0 Å². The maximum atomic E-state index is 10.8. The summed E-state index contributed by atoms with van der Waals surface area (Å²) >= 11 is 0. The molecule has 0 saturated heterocycles. The summed E-state index contributed by atoms with van der Waals surface area (Å²) in [6.07, 6.45) is 3.79. The molecule has 86 valence electrons. The maximum absolute atomic E-state index is 10.8. The van der Waals surface area contributed by atoms with Crippen molar-refractivity contribution in [1.29, 1.82) is 0 Å². The molecule has 0 radical (unpaired) electrons. The van der Waals surface area contributed by atoms with Crippen LogP contribution in [0, 0.1) is 5.41 Å². The van der Waals surface area contributed by atoms with Gasteiger partial charge >= 0.3 is 0 Å². The van der Waals surface area contributed by atoms with Gasteiger partial charge in [0.25, 0.3) is 10.1 Å². The van der Waals surface area contributed by atoms with Crippen molar-refractivity contribution in [3.8, 4) is 0 Å². The summed E-state index contributed by atoms with van der Waals surface area (Å²) in [6, 6.07) is 0. The second-order valence-corrected chi connectivity index (χ2v) is 5.92. The van der Waals surface area contributed by atoms with Gasteiger partial charge in [0.15, 0.2) is 0 Å². The van der Waals surface area contributed by atoms with E-state index in [1.807, 2.05) is 0 Å². The Hall–Kier alpha value is -0.130. The summed E-state index contributed by atoms with van der Waals surface area (Å²) < 4.78 is 30.5. The Morgan fingerprint density at radius 1 is 1.36 bits per heavy atom. The predicted molar refractivity (Wildman–Crippen MR) is 57.4 cm³/mol. The fraction of sp³-hybridized carbons (Fsp3) is 1.00. The van der Waals surface area contributed by atoms with E-state index in [1.54, 1.807) is 13.8 Å². The Labute approximate surface area is 86.6 Å². The number of hydrogen-bond donors (Lipinski definition) is 2. The predicted octanol–water partition coefficient (Wildman–Crippen LogP) is 1.77. The Morgan fingerprint density at radius 3 is 2.21 bits per heavy atom. The topological polar surface area (TPSA) is 80.4 Å². The van der Waals surface area contributed by atoms with Gasteiger partial charge in [0.05, 0.1) is 0 Å². The molecule has 0 aliphatic heterocycles. The average Bonchev–Trinajstić information content (AvgIpc) is 2.01. The lowest BCUT2D eigenvalue weighted by atomic mass is 9.87. The third-order valence-electron chi connectivity index (χ3n) is 2.52. The lowest BCUT2D eigenvalue weighted by Gasteiger charge is -2.29. The van der Waals surface area contributed by atoms with E-state index in [9.17, 15) is 8.42 Å². The van der Waals surface area contributed by atoms with Crippen molar-refractivity contribution < 1.29 is 13.0 Å². The molecular formula is C9H21NO3S. The molecular weight excluding hydrogens is 202 g/mol. The van der Waals surface area contributed by atoms with Crippen molar-refractivity contribution in [3.05, 3.63) is 0 Å². The van der Waals surface area contributed by atoms with Crippen LogP contribution in [0.1, 0.15) is 46.5 Å². The fourth-order valence-electron chi connectivity index (χ4n) is 1.38. The van der Waals surface area contributed by atoms with Crippen LogP contribution in [0.15, 0.2) is 0 Å². The van der Waals surface area contributed by atoms with Gasteiger partial charge in [-0.05, 0) is 11.8 Å². The maximum Gasteiger partial charge on any atom is 0.281 e. The third kappa shape index (κ3) is 4.39. The monoisotopic (exact) mass is 223 g/mol. The highest BCUT2D eigenvalue weighted by atomic mass is 32.2. The van der Waals surface area contributed by atoms with Crippen LogP contribution in [0.4, 0.5) is 0 Å². The summed E-state index contributed by atoms with van der Waals surface area (Å²) in [5.41, 5.74) is 4.91. The van der Waals surface area contributed by atoms with Crippen LogP contribution in [0.25, 0.3) is 0 Å². The van der Waals surface area contributed by atoms with Gasteiger partial charge in [-0.2, -0.15) is 8.42 Å². The molecule has 4 nitrogen and oxygen atoms in total. The minimum atomic E-state index is -4.12. The van der Waals surface area contributed by atoms with E-state index in [4.69, 9.17) is 10.3 Å². The Balaban J connectivity index is 4.31. The summed E-state index contributed by atoms with van der Waals surface area (Å²) in [7, 11) is -4.12. The standard InChI is InChI=1S/C9H21NO3S/c1-4-5-6-7-9(2,3)8(10)14(11,12)13/h8H,4-7,10H2,1-3H3,(H,11,12,13). The van der Waals surface area contributed by atoms with E-state index >= 15 is 0 Å². The van der Waals surface area contributed by atoms with Crippen LogP contribution in [0.2, 0.25) is 0 Å². The molecule has 0 rings (SSSR count). The summed E-state index contributed by atoms with van der Waals surface area (Å²) in [4.78, 5) is 0. The zero-order valence-corrected chi connectivity index (χ0v) is 9.97. The van der Waals surface area contributed by atoms with Gasteiger partial charge in [-0.3, -0.25) is 4.55 Å². The Morgan fingerprint density at radius 2 is 1.86 bits per heavy atom. The molecule has 1 atom stereocenters. The number of nitrogens with two attached hydrogens (primary N) is 1. The molecule has 0 aliphatic rings. The van der Waals surface area contributed by atoms with Crippen molar-refractivity contribution in [2.45, 2.75) is 51.8 Å². The molecule has 0 fully saturated rings. The van der Waals surface area contributed by atoms with E-state index in [0.29, 0.717) is 6.42 Å². The van der Waals surface area contributed by atoms with Crippen LogP contribution in [-0.2, 0) is 10.1 Å². The van der Waals surface area contributed by atoms with Crippen LogP contribution >= 0.6 is 0 Å². The van der Waals surface area contributed by atoms with Crippen molar-refractivity contribution in [2.75, 3.05) is 0 Å². The number of rotatable bonds is 6.